The molecular weight excluding hydrogens is 517 g/mol. The van der Waals surface area contributed by atoms with Crippen molar-refractivity contribution in [3.05, 3.63) is 101 Å². The number of aromatic nitrogens is 3. The minimum absolute atomic E-state index is 0.114. The normalized spacial score (nSPS) is 15.4. The number of aryl methyl sites for hydroxylation is 1. The van der Waals surface area contributed by atoms with E-state index in [1.54, 1.807) is 17.0 Å². The first kappa shape index (κ1) is 28.0. The highest BCUT2D eigenvalue weighted by Gasteiger charge is 2.30. The number of para-hydroxylation sites is 1. The summed E-state index contributed by atoms with van der Waals surface area (Å²) in [5.74, 6) is -0.205. The average molecular weight is 552 g/mol. The van der Waals surface area contributed by atoms with Crippen molar-refractivity contribution in [2.24, 2.45) is 0 Å². The van der Waals surface area contributed by atoms with Crippen LogP contribution in [0, 0.1) is 12.7 Å². The van der Waals surface area contributed by atoms with Gasteiger partial charge in [0.2, 0.25) is 5.91 Å². The summed E-state index contributed by atoms with van der Waals surface area (Å²) < 4.78 is 17.5. The lowest BCUT2D eigenvalue weighted by Crippen LogP contribution is -2.54. The van der Waals surface area contributed by atoms with E-state index in [2.05, 4.69) is 32.0 Å². The number of pyridine rings is 1. The SMILES string of the molecule is C=CC(=O)N1CCN(c2nc(=O)n(-c3c(C)cccc3C(C)C)c3nc(-c4ccccc4C=C)c(F)cc23)[C@@H](C)C1. The molecule has 210 valence electrons. The fourth-order valence-electron chi connectivity index (χ4n) is 5.66. The minimum atomic E-state index is -0.526. The third-order valence-electron chi connectivity index (χ3n) is 7.74. The maximum atomic E-state index is 16.0. The number of rotatable bonds is 6. The first-order chi connectivity index (χ1) is 19.7. The maximum absolute atomic E-state index is 16.0. The maximum Gasteiger partial charge on any atom is 0.355 e. The first-order valence-electron chi connectivity index (χ1n) is 13.8. The largest absolute Gasteiger partial charge is 0.355 e. The van der Waals surface area contributed by atoms with Crippen LogP contribution < -0.4 is 10.6 Å². The van der Waals surface area contributed by atoms with Crippen LogP contribution >= 0.6 is 0 Å². The van der Waals surface area contributed by atoms with Crippen LogP contribution in [0.2, 0.25) is 0 Å². The van der Waals surface area contributed by atoms with Gasteiger partial charge in [-0.3, -0.25) is 4.79 Å². The van der Waals surface area contributed by atoms with Gasteiger partial charge in [-0.1, -0.05) is 75.5 Å². The number of carbonyl (C=O) groups excluding carboxylic acids is 1. The summed E-state index contributed by atoms with van der Waals surface area (Å²) >= 11 is 0. The predicted octanol–water partition coefficient (Wildman–Crippen LogP) is 5.88. The van der Waals surface area contributed by atoms with E-state index >= 15 is 4.39 Å². The second kappa shape index (κ2) is 11.1. The number of hydrogen-bond acceptors (Lipinski definition) is 5. The van der Waals surface area contributed by atoms with Crippen LogP contribution in [0.4, 0.5) is 10.2 Å². The van der Waals surface area contributed by atoms with Gasteiger partial charge in [0, 0.05) is 31.2 Å². The highest BCUT2D eigenvalue weighted by atomic mass is 19.1. The summed E-state index contributed by atoms with van der Waals surface area (Å²) in [7, 11) is 0. The van der Waals surface area contributed by atoms with Crippen molar-refractivity contribution in [1.29, 1.82) is 0 Å². The van der Waals surface area contributed by atoms with Gasteiger partial charge >= 0.3 is 5.69 Å². The molecule has 2 aromatic heterocycles. The molecule has 0 N–H and O–H groups in total. The summed E-state index contributed by atoms with van der Waals surface area (Å²) in [5, 5.41) is 0.426. The predicted molar refractivity (Wildman–Crippen MR) is 163 cm³/mol. The number of piperazine rings is 1. The number of nitrogens with zero attached hydrogens (tertiary/aromatic N) is 5. The van der Waals surface area contributed by atoms with Crippen molar-refractivity contribution in [3.63, 3.8) is 0 Å². The summed E-state index contributed by atoms with van der Waals surface area (Å²) in [6, 6.07) is 14.5. The van der Waals surface area contributed by atoms with E-state index in [-0.39, 0.29) is 23.6 Å². The van der Waals surface area contributed by atoms with Gasteiger partial charge in [-0.25, -0.2) is 18.7 Å². The molecule has 1 aliphatic heterocycles. The molecule has 1 aliphatic rings. The molecule has 0 saturated carbocycles. The van der Waals surface area contributed by atoms with E-state index < -0.39 is 11.5 Å². The van der Waals surface area contributed by atoms with Crippen LogP contribution in [0.15, 0.2) is 72.6 Å². The summed E-state index contributed by atoms with van der Waals surface area (Å²) in [5.41, 5.74) is 3.83. The van der Waals surface area contributed by atoms with Crippen LogP contribution in [0.1, 0.15) is 43.4 Å². The van der Waals surface area contributed by atoms with E-state index in [1.165, 1.54) is 16.7 Å². The van der Waals surface area contributed by atoms with Crippen molar-refractivity contribution in [1.82, 2.24) is 19.4 Å². The first-order valence-corrected chi connectivity index (χ1v) is 13.8. The van der Waals surface area contributed by atoms with Crippen molar-refractivity contribution < 1.29 is 9.18 Å². The molecule has 7 nitrogen and oxygen atoms in total. The Bertz CT molecular complexity index is 1740. The number of fused-ring (bicyclic) bond motifs is 1. The molecular formula is C33H34FN5O2. The molecule has 0 spiro atoms. The second-order valence-electron chi connectivity index (χ2n) is 10.7. The zero-order valence-corrected chi connectivity index (χ0v) is 23.9. The molecule has 0 aliphatic carbocycles. The van der Waals surface area contributed by atoms with Gasteiger partial charge in [0.15, 0.2) is 5.65 Å². The van der Waals surface area contributed by atoms with Gasteiger partial charge in [-0.05, 0) is 48.6 Å². The molecule has 1 saturated heterocycles. The quantitative estimate of drug-likeness (QED) is 0.280. The molecule has 1 fully saturated rings. The van der Waals surface area contributed by atoms with Gasteiger partial charge in [-0.2, -0.15) is 4.98 Å². The van der Waals surface area contributed by atoms with Crippen LogP contribution in [0.3, 0.4) is 0 Å². The van der Waals surface area contributed by atoms with Crippen molar-refractivity contribution in [3.8, 4) is 16.9 Å². The molecule has 5 rings (SSSR count). The Labute approximate surface area is 239 Å². The third kappa shape index (κ3) is 4.94. The lowest BCUT2D eigenvalue weighted by Gasteiger charge is -2.40. The van der Waals surface area contributed by atoms with Crippen molar-refractivity contribution >= 4 is 28.8 Å². The number of amides is 1. The summed E-state index contributed by atoms with van der Waals surface area (Å²) in [4.78, 5) is 39.4. The van der Waals surface area contributed by atoms with E-state index in [0.29, 0.717) is 47.7 Å². The van der Waals surface area contributed by atoms with Crippen molar-refractivity contribution in [2.45, 2.75) is 39.7 Å². The second-order valence-corrected chi connectivity index (χ2v) is 10.7. The highest BCUT2D eigenvalue weighted by molar-refractivity contribution is 5.92. The van der Waals surface area contributed by atoms with E-state index in [4.69, 9.17) is 4.98 Å². The van der Waals surface area contributed by atoms with Crippen LogP contribution in [0.25, 0.3) is 34.1 Å². The fourth-order valence-corrected chi connectivity index (χ4v) is 5.66. The van der Waals surface area contributed by atoms with Gasteiger partial charge in [0.25, 0.3) is 0 Å². The molecule has 0 unspecified atom stereocenters. The number of carbonyl (C=O) groups is 1. The average Bonchev–Trinajstić information content (AvgIpc) is 2.96. The Hall–Kier alpha value is -4.59. The van der Waals surface area contributed by atoms with Crippen LogP contribution in [-0.2, 0) is 4.79 Å². The summed E-state index contributed by atoms with van der Waals surface area (Å²) in [6.45, 7) is 16.8. The minimum Gasteiger partial charge on any atom is -0.350 e. The van der Waals surface area contributed by atoms with E-state index in [9.17, 15) is 9.59 Å². The fraction of sp³-hybridized carbons (Fsp3) is 0.273. The molecule has 0 radical (unpaired) electrons. The van der Waals surface area contributed by atoms with Crippen molar-refractivity contribution in [2.75, 3.05) is 24.5 Å². The Morgan fingerprint density at radius 3 is 2.54 bits per heavy atom. The number of anilines is 1. The Balaban J connectivity index is 1.82. The number of halogens is 1. The van der Waals surface area contributed by atoms with Crippen LogP contribution in [-0.4, -0.2) is 51.0 Å². The smallest absolute Gasteiger partial charge is 0.350 e. The van der Waals surface area contributed by atoms with Crippen LogP contribution in [0.5, 0.6) is 0 Å². The standard InChI is InChI=1S/C33H34FN5O2/c1-7-23-13-9-10-14-25(23)29-27(34)18-26-31(38-17-16-37(19-22(38)6)28(40)8-2)36-33(41)39(32(26)35-29)30-21(5)12-11-15-24(30)20(3)4/h7-15,18,20,22H,1-2,16-17,19H2,3-6H3/t22-/m0/s1. The summed E-state index contributed by atoms with van der Waals surface area (Å²) in [6.07, 6.45) is 2.96. The zero-order chi connectivity index (χ0) is 29.4. The molecule has 4 aromatic rings. The zero-order valence-electron chi connectivity index (χ0n) is 23.9. The molecule has 1 atom stereocenters. The Morgan fingerprint density at radius 2 is 1.85 bits per heavy atom. The molecule has 8 heteroatoms. The van der Waals surface area contributed by atoms with E-state index in [1.807, 2.05) is 55.1 Å². The van der Waals surface area contributed by atoms with Gasteiger partial charge < -0.3 is 9.80 Å². The van der Waals surface area contributed by atoms with E-state index in [0.717, 1.165) is 16.7 Å². The molecule has 1 amide bonds. The van der Waals surface area contributed by atoms with Gasteiger partial charge in [-0.15, -0.1) is 0 Å². The molecule has 0 bridgehead atoms. The Morgan fingerprint density at radius 1 is 1.10 bits per heavy atom. The van der Waals surface area contributed by atoms with Gasteiger partial charge in [0.05, 0.1) is 11.1 Å². The monoisotopic (exact) mass is 551 g/mol. The number of benzene rings is 2. The number of hydrogen-bond donors (Lipinski definition) is 0. The third-order valence-corrected chi connectivity index (χ3v) is 7.74. The Kier molecular flexibility index (Phi) is 7.58. The molecule has 3 heterocycles. The lowest BCUT2D eigenvalue weighted by atomic mass is 9.98. The topological polar surface area (TPSA) is 71.3 Å². The molecule has 41 heavy (non-hydrogen) atoms. The lowest BCUT2D eigenvalue weighted by molar-refractivity contribution is -0.126. The highest BCUT2D eigenvalue weighted by Crippen LogP contribution is 2.34. The van der Waals surface area contributed by atoms with Gasteiger partial charge in [0.1, 0.15) is 17.3 Å². The molecule has 2 aromatic carbocycles.